The van der Waals surface area contributed by atoms with Crippen molar-refractivity contribution in [1.29, 1.82) is 5.26 Å². The van der Waals surface area contributed by atoms with Gasteiger partial charge in [-0.1, -0.05) is 0 Å². The Hall–Kier alpha value is -2.05. The Morgan fingerprint density at radius 1 is 1.50 bits per heavy atom. The molecule has 6 nitrogen and oxygen atoms in total. The molecule has 0 fully saturated rings. The monoisotopic (exact) mass is 222 g/mol. The summed E-state index contributed by atoms with van der Waals surface area (Å²) in [5.41, 5.74) is -0.114. The zero-order valence-corrected chi connectivity index (χ0v) is 9.08. The van der Waals surface area contributed by atoms with E-state index in [0.717, 1.165) is 0 Å². The summed E-state index contributed by atoms with van der Waals surface area (Å²) in [6, 6.07) is 1.73. The molecule has 16 heavy (non-hydrogen) atoms. The molecule has 0 aliphatic rings. The van der Waals surface area contributed by atoms with E-state index in [1.165, 1.54) is 6.92 Å². The lowest BCUT2D eigenvalue weighted by molar-refractivity contribution is -0.116. The Labute approximate surface area is 94.4 Å². The third kappa shape index (κ3) is 5.63. The molecule has 0 unspecified atom stereocenters. The quantitative estimate of drug-likeness (QED) is 0.408. The van der Waals surface area contributed by atoms with E-state index in [1.54, 1.807) is 6.07 Å². The first-order valence-electron chi connectivity index (χ1n) is 4.75. The number of allylic oxidation sites excluding steroid dienone is 1. The van der Waals surface area contributed by atoms with Crippen molar-refractivity contribution in [3.63, 3.8) is 0 Å². The van der Waals surface area contributed by atoms with Gasteiger partial charge in [-0.15, -0.1) is 0 Å². The average Bonchev–Trinajstić information content (AvgIpc) is 2.26. The minimum absolute atomic E-state index is 0.0235. The van der Waals surface area contributed by atoms with Gasteiger partial charge in [0.1, 0.15) is 11.6 Å². The summed E-state index contributed by atoms with van der Waals surface area (Å²) in [5.74, 6) is 0.281. The molecule has 86 valence electrons. The lowest BCUT2D eigenvalue weighted by Crippen LogP contribution is -2.31. The van der Waals surface area contributed by atoms with Crippen LogP contribution >= 0.6 is 0 Å². The molecule has 0 radical (unpaired) electrons. The van der Waals surface area contributed by atoms with E-state index in [0.29, 0.717) is 13.0 Å². The maximum atomic E-state index is 10.7. The Morgan fingerprint density at radius 3 is 2.56 bits per heavy atom. The molecule has 0 aromatic heterocycles. The predicted molar refractivity (Wildman–Crippen MR) is 57.6 cm³/mol. The number of aliphatic hydroxyl groups excluding tert-OH is 1. The zero-order chi connectivity index (χ0) is 12.4. The highest BCUT2D eigenvalue weighted by Gasteiger charge is 2.05. The van der Waals surface area contributed by atoms with E-state index in [9.17, 15) is 4.79 Å². The SMILES string of the molecule is [C-]#[N+]/C(C#N)=C(/NCCO)NCCC(C)=O. The maximum Gasteiger partial charge on any atom is 0.300 e. The maximum absolute atomic E-state index is 10.7. The molecule has 0 saturated heterocycles. The van der Waals surface area contributed by atoms with Gasteiger partial charge >= 0.3 is 0 Å². The van der Waals surface area contributed by atoms with E-state index in [4.69, 9.17) is 16.9 Å². The van der Waals surface area contributed by atoms with E-state index in [1.807, 2.05) is 0 Å². The van der Waals surface area contributed by atoms with Crippen molar-refractivity contribution in [2.75, 3.05) is 19.7 Å². The Balaban J connectivity index is 4.45. The summed E-state index contributed by atoms with van der Waals surface area (Å²) in [6.07, 6.45) is 0.320. The number of nitrogens with one attached hydrogen (secondary N) is 2. The number of ketones is 1. The van der Waals surface area contributed by atoms with Crippen LogP contribution in [0.15, 0.2) is 11.5 Å². The molecular formula is C10H14N4O2. The summed E-state index contributed by atoms with van der Waals surface area (Å²) in [5, 5.41) is 22.8. The van der Waals surface area contributed by atoms with Crippen molar-refractivity contribution in [3.05, 3.63) is 22.9 Å². The van der Waals surface area contributed by atoms with Crippen LogP contribution in [0.5, 0.6) is 0 Å². The number of nitrogens with zero attached hydrogens (tertiary/aromatic N) is 2. The van der Waals surface area contributed by atoms with Gasteiger partial charge in [0.2, 0.25) is 0 Å². The standard InChI is InChI=1S/C10H14N4O2/c1-8(16)3-4-13-10(14-5-6-15)9(7-11)12-2/h13-15H,3-6H2,1H3/b10-9+. The average molecular weight is 222 g/mol. The number of Topliss-reactive ketones (excluding diaryl/α,β-unsaturated/α-hetero) is 1. The van der Waals surface area contributed by atoms with Crippen LogP contribution in [-0.4, -0.2) is 30.6 Å². The molecule has 0 amide bonds. The van der Waals surface area contributed by atoms with Crippen LogP contribution in [-0.2, 0) is 4.79 Å². The highest BCUT2D eigenvalue weighted by Crippen LogP contribution is 1.99. The molecule has 0 saturated carbocycles. The summed E-state index contributed by atoms with van der Waals surface area (Å²) in [7, 11) is 0. The molecular weight excluding hydrogens is 208 g/mol. The second-order valence-corrected chi connectivity index (χ2v) is 2.98. The molecule has 0 bridgehead atoms. The predicted octanol–water partition coefficient (Wildman–Crippen LogP) is -0.251. The second-order valence-electron chi connectivity index (χ2n) is 2.98. The van der Waals surface area contributed by atoms with E-state index >= 15 is 0 Å². The Bertz CT molecular complexity index is 333. The van der Waals surface area contributed by atoms with Crippen molar-refractivity contribution in [1.82, 2.24) is 10.6 Å². The fraction of sp³-hybridized carbons (Fsp3) is 0.500. The number of hydrogen-bond acceptors (Lipinski definition) is 5. The molecule has 0 rings (SSSR count). The molecule has 0 spiro atoms. The van der Waals surface area contributed by atoms with Crippen LogP contribution in [0.1, 0.15) is 13.3 Å². The van der Waals surface area contributed by atoms with Gasteiger partial charge in [0.25, 0.3) is 5.70 Å². The van der Waals surface area contributed by atoms with Crippen molar-refractivity contribution < 1.29 is 9.90 Å². The van der Waals surface area contributed by atoms with Gasteiger partial charge in [-0.3, -0.25) is 4.79 Å². The van der Waals surface area contributed by atoms with Crippen LogP contribution in [0, 0.1) is 17.9 Å². The topological polar surface area (TPSA) is 89.5 Å². The molecule has 0 aromatic rings. The van der Waals surface area contributed by atoms with E-state index < -0.39 is 0 Å². The van der Waals surface area contributed by atoms with Gasteiger partial charge in [-0.25, -0.2) is 10.1 Å². The number of carbonyl (C=O) groups excluding carboxylic acids is 1. The van der Waals surface area contributed by atoms with Gasteiger partial charge in [0.05, 0.1) is 19.2 Å². The molecule has 0 aliphatic heterocycles. The van der Waals surface area contributed by atoms with Crippen LogP contribution in [0.2, 0.25) is 0 Å². The van der Waals surface area contributed by atoms with Crippen LogP contribution < -0.4 is 10.6 Å². The summed E-state index contributed by atoms with van der Waals surface area (Å²) < 4.78 is 0. The lowest BCUT2D eigenvalue weighted by atomic mass is 10.3. The number of hydrogen-bond donors (Lipinski definition) is 3. The molecule has 3 N–H and O–H groups in total. The first kappa shape index (κ1) is 13.9. The normalized spacial score (nSPS) is 10.8. The van der Waals surface area contributed by atoms with Crippen molar-refractivity contribution >= 4 is 5.78 Å². The Kier molecular flexibility index (Phi) is 7.21. The van der Waals surface area contributed by atoms with Crippen molar-refractivity contribution in [3.8, 4) is 6.07 Å². The zero-order valence-electron chi connectivity index (χ0n) is 9.08. The summed E-state index contributed by atoms with van der Waals surface area (Å²) in [4.78, 5) is 13.7. The van der Waals surface area contributed by atoms with Crippen LogP contribution in [0.25, 0.3) is 4.85 Å². The van der Waals surface area contributed by atoms with Crippen LogP contribution in [0.3, 0.4) is 0 Å². The largest absolute Gasteiger partial charge is 0.395 e. The van der Waals surface area contributed by atoms with E-state index in [2.05, 4.69) is 15.5 Å². The number of rotatable bonds is 7. The molecule has 0 aromatic carbocycles. The summed E-state index contributed by atoms with van der Waals surface area (Å²) >= 11 is 0. The van der Waals surface area contributed by atoms with Crippen molar-refractivity contribution in [2.45, 2.75) is 13.3 Å². The van der Waals surface area contributed by atoms with Gasteiger partial charge in [-0.2, -0.15) is 0 Å². The molecule has 6 heteroatoms. The van der Waals surface area contributed by atoms with E-state index in [-0.39, 0.29) is 30.5 Å². The first-order valence-corrected chi connectivity index (χ1v) is 4.75. The van der Waals surface area contributed by atoms with Gasteiger partial charge in [-0.05, 0) is 6.92 Å². The lowest BCUT2D eigenvalue weighted by Gasteiger charge is -2.12. The summed E-state index contributed by atoms with van der Waals surface area (Å²) in [6.45, 7) is 8.73. The first-order chi connectivity index (χ1) is 7.65. The van der Waals surface area contributed by atoms with Crippen molar-refractivity contribution in [2.24, 2.45) is 0 Å². The second kappa shape index (κ2) is 8.27. The van der Waals surface area contributed by atoms with Gasteiger partial charge < -0.3 is 15.7 Å². The fourth-order valence-electron chi connectivity index (χ4n) is 0.911. The van der Waals surface area contributed by atoms with Crippen LogP contribution in [0.4, 0.5) is 0 Å². The number of carbonyl (C=O) groups is 1. The highest BCUT2D eigenvalue weighted by molar-refractivity contribution is 5.75. The molecule has 0 heterocycles. The minimum Gasteiger partial charge on any atom is -0.395 e. The van der Waals surface area contributed by atoms with Gasteiger partial charge in [0.15, 0.2) is 0 Å². The number of nitriles is 1. The molecule has 0 atom stereocenters. The third-order valence-electron chi connectivity index (χ3n) is 1.65. The minimum atomic E-state index is -0.114. The fourth-order valence-corrected chi connectivity index (χ4v) is 0.911. The number of aliphatic hydroxyl groups is 1. The highest BCUT2D eigenvalue weighted by atomic mass is 16.3. The Morgan fingerprint density at radius 2 is 2.12 bits per heavy atom. The third-order valence-corrected chi connectivity index (χ3v) is 1.65. The van der Waals surface area contributed by atoms with Gasteiger partial charge in [0, 0.05) is 19.5 Å². The molecule has 0 aliphatic carbocycles. The smallest absolute Gasteiger partial charge is 0.300 e.